The number of rotatable bonds is 5. The molecule has 0 atom stereocenters. The van der Waals surface area contributed by atoms with Gasteiger partial charge in [0.2, 0.25) is 6.79 Å². The van der Waals surface area contributed by atoms with E-state index in [2.05, 4.69) is 19.9 Å². The molecule has 0 aliphatic carbocycles. The van der Waals surface area contributed by atoms with E-state index in [1.165, 1.54) is 5.57 Å². The fourth-order valence-corrected chi connectivity index (χ4v) is 1.77. The number of carbonyl (C=O) groups excluding carboxylic acids is 2. The molecule has 1 heterocycles. The minimum Gasteiger partial charge on any atom is -0.454 e. The summed E-state index contributed by atoms with van der Waals surface area (Å²) in [7, 11) is 0. The molecule has 0 N–H and O–H groups in total. The Morgan fingerprint density at radius 3 is 2.50 bits per heavy atom. The van der Waals surface area contributed by atoms with Crippen LogP contribution in [0.4, 0.5) is 0 Å². The molecule has 0 amide bonds. The molecule has 0 fully saturated rings. The Hall–Kier alpha value is -2.36. The minimum absolute atomic E-state index is 0.248. The van der Waals surface area contributed by atoms with Gasteiger partial charge in [-0.15, -0.1) is 0 Å². The predicted molar refractivity (Wildman–Crippen MR) is 86.4 cm³/mol. The number of benzene rings is 1. The Balaban J connectivity index is 0.000000220. The second-order valence-corrected chi connectivity index (χ2v) is 5.20. The first kappa shape index (κ1) is 17.7. The molecule has 1 aromatic carbocycles. The second-order valence-electron chi connectivity index (χ2n) is 5.20. The van der Waals surface area contributed by atoms with Gasteiger partial charge in [0, 0.05) is 5.56 Å². The Labute approximate surface area is 131 Å². The largest absolute Gasteiger partial charge is 0.454 e. The smallest absolute Gasteiger partial charge is 0.231 e. The molecule has 0 radical (unpaired) electrons. The molecule has 0 spiro atoms. The third-order valence-corrected chi connectivity index (χ3v) is 2.98. The summed E-state index contributed by atoms with van der Waals surface area (Å²) >= 11 is 0. The summed E-state index contributed by atoms with van der Waals surface area (Å²) in [5.41, 5.74) is 3.09. The fourth-order valence-electron chi connectivity index (χ4n) is 1.77. The fraction of sp³-hybridized carbons (Fsp3) is 0.333. The molecule has 0 saturated heterocycles. The zero-order valence-corrected chi connectivity index (χ0v) is 13.3. The van der Waals surface area contributed by atoms with E-state index >= 15 is 0 Å². The van der Waals surface area contributed by atoms with E-state index < -0.39 is 0 Å². The van der Waals surface area contributed by atoms with E-state index in [-0.39, 0.29) is 6.79 Å². The van der Waals surface area contributed by atoms with Gasteiger partial charge in [-0.05, 0) is 57.9 Å². The van der Waals surface area contributed by atoms with Crippen molar-refractivity contribution in [2.45, 2.75) is 33.6 Å². The number of allylic oxidation sites excluding steroid dienone is 4. The van der Waals surface area contributed by atoms with Gasteiger partial charge in [-0.1, -0.05) is 17.2 Å². The van der Waals surface area contributed by atoms with Crippen LogP contribution in [0, 0.1) is 0 Å². The van der Waals surface area contributed by atoms with Crippen LogP contribution in [0.5, 0.6) is 11.5 Å². The van der Waals surface area contributed by atoms with E-state index in [1.54, 1.807) is 24.3 Å². The number of hydrogen-bond donors (Lipinski definition) is 0. The lowest BCUT2D eigenvalue weighted by molar-refractivity contribution is -0.104. The molecule has 1 aliphatic rings. The van der Waals surface area contributed by atoms with Gasteiger partial charge in [0.05, 0.1) is 0 Å². The molecule has 0 saturated carbocycles. The normalized spacial score (nSPS) is 12.0. The maximum Gasteiger partial charge on any atom is 0.231 e. The number of fused-ring (bicyclic) bond motifs is 1. The molecule has 0 unspecified atom stereocenters. The summed E-state index contributed by atoms with van der Waals surface area (Å²) < 4.78 is 10.1. The summed E-state index contributed by atoms with van der Waals surface area (Å²) in [6, 6.07) is 5.09. The van der Waals surface area contributed by atoms with Crippen LogP contribution in [0.3, 0.4) is 0 Å². The van der Waals surface area contributed by atoms with Gasteiger partial charge in [-0.25, -0.2) is 0 Å². The number of ether oxygens (including phenoxy) is 2. The molecule has 22 heavy (non-hydrogen) atoms. The molecule has 0 aromatic heterocycles. The Bertz CT molecular complexity index is 566. The number of carbonyl (C=O) groups is 2. The molecule has 1 aliphatic heterocycles. The molecular formula is C18H22O4. The third-order valence-electron chi connectivity index (χ3n) is 2.98. The summed E-state index contributed by atoms with van der Waals surface area (Å²) in [6.07, 6.45) is 7.46. The average molecular weight is 302 g/mol. The molecule has 1 aromatic rings. The lowest BCUT2D eigenvalue weighted by Crippen LogP contribution is -1.92. The van der Waals surface area contributed by atoms with E-state index in [1.807, 2.05) is 6.92 Å². The van der Waals surface area contributed by atoms with Gasteiger partial charge < -0.3 is 9.47 Å². The van der Waals surface area contributed by atoms with Crippen molar-refractivity contribution in [1.29, 1.82) is 0 Å². The van der Waals surface area contributed by atoms with Crippen molar-refractivity contribution in [1.82, 2.24) is 0 Å². The summed E-state index contributed by atoms with van der Waals surface area (Å²) in [6.45, 7) is 6.39. The van der Waals surface area contributed by atoms with Crippen LogP contribution < -0.4 is 9.47 Å². The number of aldehydes is 2. The highest BCUT2D eigenvalue weighted by Crippen LogP contribution is 2.31. The Morgan fingerprint density at radius 1 is 1.14 bits per heavy atom. The SMILES string of the molecule is CC(C)=CCC/C(C)=C/C=O.O=Cc1ccc2c(c1)OCO2. The highest BCUT2D eigenvalue weighted by atomic mass is 16.7. The van der Waals surface area contributed by atoms with E-state index in [4.69, 9.17) is 9.47 Å². The zero-order valence-electron chi connectivity index (χ0n) is 13.3. The van der Waals surface area contributed by atoms with Crippen LogP contribution in [0.1, 0.15) is 44.0 Å². The average Bonchev–Trinajstić information content (AvgIpc) is 2.95. The molecule has 2 rings (SSSR count). The Kier molecular flexibility index (Phi) is 7.68. The molecule has 4 heteroatoms. The van der Waals surface area contributed by atoms with Crippen LogP contribution in [0.25, 0.3) is 0 Å². The summed E-state index contributed by atoms with van der Waals surface area (Å²) in [4.78, 5) is 20.3. The topological polar surface area (TPSA) is 52.6 Å². The molecule has 118 valence electrons. The quantitative estimate of drug-likeness (QED) is 0.467. The monoisotopic (exact) mass is 302 g/mol. The van der Waals surface area contributed by atoms with Gasteiger partial charge in [-0.2, -0.15) is 0 Å². The standard InChI is InChI=1S/C10H16O.C8H6O3/c1-9(2)5-4-6-10(3)7-8-11;9-4-6-1-2-7-8(3-6)11-5-10-7/h5,7-8H,4,6H2,1-3H3;1-4H,5H2/b10-7+;. The van der Waals surface area contributed by atoms with Crippen molar-refractivity contribution in [3.8, 4) is 11.5 Å². The third kappa shape index (κ3) is 6.39. The van der Waals surface area contributed by atoms with Crippen molar-refractivity contribution in [2.75, 3.05) is 6.79 Å². The van der Waals surface area contributed by atoms with Crippen LogP contribution >= 0.6 is 0 Å². The lowest BCUT2D eigenvalue weighted by atomic mass is 10.1. The van der Waals surface area contributed by atoms with Crippen molar-refractivity contribution >= 4 is 12.6 Å². The maximum absolute atomic E-state index is 10.3. The highest BCUT2D eigenvalue weighted by Gasteiger charge is 2.12. The van der Waals surface area contributed by atoms with Gasteiger partial charge in [0.15, 0.2) is 11.5 Å². The van der Waals surface area contributed by atoms with E-state index in [0.717, 1.165) is 31.0 Å². The van der Waals surface area contributed by atoms with Crippen LogP contribution in [0.15, 0.2) is 41.5 Å². The first-order valence-electron chi connectivity index (χ1n) is 7.16. The van der Waals surface area contributed by atoms with Crippen molar-refractivity contribution in [3.05, 3.63) is 47.1 Å². The highest BCUT2D eigenvalue weighted by molar-refractivity contribution is 5.76. The van der Waals surface area contributed by atoms with Gasteiger partial charge in [-0.3, -0.25) is 9.59 Å². The predicted octanol–water partition coefficient (Wildman–Crippen LogP) is 4.11. The first-order chi connectivity index (χ1) is 10.6. The Morgan fingerprint density at radius 2 is 1.86 bits per heavy atom. The van der Waals surface area contributed by atoms with Crippen molar-refractivity contribution in [3.63, 3.8) is 0 Å². The molecule has 4 nitrogen and oxygen atoms in total. The first-order valence-corrected chi connectivity index (χ1v) is 7.16. The van der Waals surface area contributed by atoms with E-state index in [0.29, 0.717) is 17.1 Å². The summed E-state index contributed by atoms with van der Waals surface area (Å²) in [5, 5.41) is 0. The van der Waals surface area contributed by atoms with Crippen LogP contribution in [-0.2, 0) is 4.79 Å². The number of hydrogen-bond acceptors (Lipinski definition) is 4. The maximum atomic E-state index is 10.3. The molecular weight excluding hydrogens is 280 g/mol. The minimum atomic E-state index is 0.248. The lowest BCUT2D eigenvalue weighted by Gasteiger charge is -1.94. The van der Waals surface area contributed by atoms with Crippen molar-refractivity contribution < 1.29 is 19.1 Å². The van der Waals surface area contributed by atoms with Gasteiger partial charge in [0.25, 0.3) is 0 Å². The zero-order chi connectivity index (χ0) is 16.4. The van der Waals surface area contributed by atoms with Gasteiger partial charge >= 0.3 is 0 Å². The van der Waals surface area contributed by atoms with Crippen LogP contribution in [0.2, 0.25) is 0 Å². The summed E-state index contributed by atoms with van der Waals surface area (Å²) in [5.74, 6) is 1.35. The second kappa shape index (κ2) is 9.55. The molecule has 0 bridgehead atoms. The van der Waals surface area contributed by atoms with Crippen molar-refractivity contribution in [2.24, 2.45) is 0 Å². The van der Waals surface area contributed by atoms with Gasteiger partial charge in [0.1, 0.15) is 12.6 Å². The van der Waals surface area contributed by atoms with Crippen LogP contribution in [-0.4, -0.2) is 19.4 Å². The van der Waals surface area contributed by atoms with E-state index in [9.17, 15) is 9.59 Å².